The number of thiophene rings is 1. The molecule has 0 aliphatic heterocycles. The van der Waals surface area contributed by atoms with Crippen molar-refractivity contribution >= 4 is 22.9 Å². The van der Waals surface area contributed by atoms with E-state index < -0.39 is 0 Å². The summed E-state index contributed by atoms with van der Waals surface area (Å²) in [6.45, 7) is 2.28. The second-order valence-electron chi connectivity index (χ2n) is 5.79. The number of benzene rings is 1. The summed E-state index contributed by atoms with van der Waals surface area (Å²) in [5.41, 5.74) is 2.76. The fourth-order valence-electron chi connectivity index (χ4n) is 3.04. The molecule has 106 valence electrons. The smallest absolute Gasteiger partial charge is 0.0440 e. The summed E-state index contributed by atoms with van der Waals surface area (Å²) in [7, 11) is 0. The predicted octanol–water partition coefficient (Wildman–Crippen LogP) is 4.87. The Morgan fingerprint density at radius 1 is 1.30 bits per heavy atom. The van der Waals surface area contributed by atoms with Crippen LogP contribution in [0.1, 0.15) is 36.8 Å². The molecule has 1 aliphatic carbocycles. The van der Waals surface area contributed by atoms with Crippen LogP contribution in [0.2, 0.25) is 5.02 Å². The van der Waals surface area contributed by atoms with Gasteiger partial charge in [-0.2, -0.15) is 11.3 Å². The van der Waals surface area contributed by atoms with Crippen molar-refractivity contribution in [1.82, 2.24) is 5.32 Å². The molecule has 1 fully saturated rings. The summed E-state index contributed by atoms with van der Waals surface area (Å²) < 4.78 is 0. The minimum Gasteiger partial charge on any atom is -0.311 e. The van der Waals surface area contributed by atoms with E-state index in [1.165, 1.54) is 24.0 Å². The third-order valence-electron chi connectivity index (χ3n) is 4.13. The average Bonchev–Trinajstić information content (AvgIpc) is 2.87. The summed E-state index contributed by atoms with van der Waals surface area (Å²) in [5, 5.41) is 9.05. The van der Waals surface area contributed by atoms with Crippen LogP contribution >= 0.6 is 22.9 Å². The van der Waals surface area contributed by atoms with Gasteiger partial charge in [0.15, 0.2) is 0 Å². The van der Waals surface area contributed by atoms with E-state index in [0.29, 0.717) is 18.0 Å². The fraction of sp³-hybridized carbons (Fsp3) is 0.412. The summed E-state index contributed by atoms with van der Waals surface area (Å²) >= 11 is 8.04. The third kappa shape index (κ3) is 3.25. The maximum atomic E-state index is 6.26. The molecule has 1 saturated carbocycles. The summed E-state index contributed by atoms with van der Waals surface area (Å²) in [4.78, 5) is 0. The molecule has 1 heterocycles. The zero-order chi connectivity index (χ0) is 13.9. The Morgan fingerprint density at radius 2 is 2.10 bits per heavy atom. The number of hydrogen-bond acceptors (Lipinski definition) is 2. The highest BCUT2D eigenvalue weighted by molar-refractivity contribution is 7.07. The van der Waals surface area contributed by atoms with Gasteiger partial charge in [-0.25, -0.2) is 0 Å². The average molecular weight is 306 g/mol. The van der Waals surface area contributed by atoms with Crippen LogP contribution in [0, 0.1) is 0 Å². The number of nitrogens with one attached hydrogen (secondary N) is 1. The summed E-state index contributed by atoms with van der Waals surface area (Å²) in [6, 6.07) is 11.7. The second-order valence-corrected chi connectivity index (χ2v) is 6.98. The first-order valence-corrected chi connectivity index (χ1v) is 8.56. The fourth-order valence-corrected chi connectivity index (χ4v) is 4.01. The molecule has 1 atom stereocenters. The van der Waals surface area contributed by atoms with Crippen LogP contribution in [-0.4, -0.2) is 12.1 Å². The van der Waals surface area contributed by atoms with Gasteiger partial charge in [-0.1, -0.05) is 29.8 Å². The standard InChI is InChI=1S/C17H20ClNS/c1-12(8-13-6-7-20-11-13)19-15-9-14(10-15)16-4-2-3-5-17(16)18/h2-7,11-12,14-15,19H,8-10H2,1H3. The minimum absolute atomic E-state index is 0.543. The van der Waals surface area contributed by atoms with E-state index in [9.17, 15) is 0 Å². The van der Waals surface area contributed by atoms with Gasteiger partial charge in [-0.15, -0.1) is 0 Å². The molecule has 1 unspecified atom stereocenters. The van der Waals surface area contributed by atoms with Gasteiger partial charge in [0.25, 0.3) is 0 Å². The van der Waals surface area contributed by atoms with Crippen molar-refractivity contribution in [1.29, 1.82) is 0 Å². The van der Waals surface area contributed by atoms with Gasteiger partial charge in [-0.05, 0) is 66.1 Å². The molecule has 1 aromatic carbocycles. The molecular formula is C17H20ClNS. The van der Waals surface area contributed by atoms with Crippen LogP contribution in [0.3, 0.4) is 0 Å². The number of halogens is 1. The molecule has 0 saturated heterocycles. The first-order valence-electron chi connectivity index (χ1n) is 7.24. The lowest BCUT2D eigenvalue weighted by Crippen LogP contribution is -2.45. The van der Waals surface area contributed by atoms with Crippen molar-refractivity contribution in [2.45, 2.75) is 44.2 Å². The van der Waals surface area contributed by atoms with E-state index in [1.54, 1.807) is 11.3 Å². The van der Waals surface area contributed by atoms with Crippen LogP contribution in [0.5, 0.6) is 0 Å². The molecule has 0 bridgehead atoms. The van der Waals surface area contributed by atoms with Gasteiger partial charge in [0.2, 0.25) is 0 Å². The van der Waals surface area contributed by atoms with Crippen molar-refractivity contribution < 1.29 is 0 Å². The Kier molecular flexibility index (Phi) is 4.45. The molecule has 1 aliphatic rings. The van der Waals surface area contributed by atoms with Crippen LogP contribution in [-0.2, 0) is 6.42 Å². The van der Waals surface area contributed by atoms with Crippen molar-refractivity contribution in [3.8, 4) is 0 Å². The van der Waals surface area contributed by atoms with Gasteiger partial charge in [-0.3, -0.25) is 0 Å². The predicted molar refractivity (Wildman–Crippen MR) is 87.8 cm³/mol. The normalized spacial score (nSPS) is 23.3. The van der Waals surface area contributed by atoms with Crippen molar-refractivity contribution in [2.24, 2.45) is 0 Å². The van der Waals surface area contributed by atoms with E-state index in [2.05, 4.69) is 41.2 Å². The summed E-state index contributed by atoms with van der Waals surface area (Å²) in [6.07, 6.45) is 3.53. The molecule has 1 N–H and O–H groups in total. The van der Waals surface area contributed by atoms with Gasteiger partial charge in [0.1, 0.15) is 0 Å². The van der Waals surface area contributed by atoms with E-state index in [4.69, 9.17) is 11.6 Å². The molecule has 0 radical (unpaired) electrons. The Morgan fingerprint density at radius 3 is 2.80 bits per heavy atom. The lowest BCUT2D eigenvalue weighted by atomic mass is 9.75. The number of rotatable bonds is 5. The van der Waals surface area contributed by atoms with Crippen molar-refractivity contribution in [3.05, 3.63) is 57.2 Å². The zero-order valence-electron chi connectivity index (χ0n) is 11.7. The molecular weight excluding hydrogens is 286 g/mol. The van der Waals surface area contributed by atoms with Gasteiger partial charge < -0.3 is 5.32 Å². The third-order valence-corrected chi connectivity index (χ3v) is 5.20. The monoisotopic (exact) mass is 305 g/mol. The van der Waals surface area contributed by atoms with Crippen molar-refractivity contribution in [3.63, 3.8) is 0 Å². The number of hydrogen-bond donors (Lipinski definition) is 1. The summed E-state index contributed by atoms with van der Waals surface area (Å²) in [5.74, 6) is 0.634. The lowest BCUT2D eigenvalue weighted by molar-refractivity contribution is 0.269. The molecule has 1 aromatic heterocycles. The maximum absolute atomic E-state index is 6.26. The van der Waals surface area contributed by atoms with Crippen LogP contribution in [0.4, 0.5) is 0 Å². The van der Waals surface area contributed by atoms with E-state index in [0.717, 1.165) is 11.4 Å². The first-order chi connectivity index (χ1) is 9.72. The highest BCUT2D eigenvalue weighted by Crippen LogP contribution is 2.40. The van der Waals surface area contributed by atoms with Crippen LogP contribution in [0.15, 0.2) is 41.1 Å². The molecule has 1 nitrogen and oxygen atoms in total. The van der Waals surface area contributed by atoms with E-state index in [1.807, 2.05) is 12.1 Å². The topological polar surface area (TPSA) is 12.0 Å². The highest BCUT2D eigenvalue weighted by Gasteiger charge is 2.31. The molecule has 0 amide bonds. The molecule has 0 spiro atoms. The van der Waals surface area contributed by atoms with Gasteiger partial charge in [0, 0.05) is 17.1 Å². The van der Waals surface area contributed by atoms with Crippen LogP contribution < -0.4 is 5.32 Å². The van der Waals surface area contributed by atoms with Gasteiger partial charge in [0.05, 0.1) is 0 Å². The highest BCUT2D eigenvalue weighted by atomic mass is 35.5. The second kappa shape index (κ2) is 6.30. The zero-order valence-corrected chi connectivity index (χ0v) is 13.3. The quantitative estimate of drug-likeness (QED) is 0.831. The molecule has 2 aromatic rings. The lowest BCUT2D eigenvalue weighted by Gasteiger charge is -2.38. The Balaban J connectivity index is 1.47. The van der Waals surface area contributed by atoms with Crippen molar-refractivity contribution in [2.75, 3.05) is 0 Å². The molecule has 3 heteroatoms. The van der Waals surface area contributed by atoms with Crippen LogP contribution in [0.25, 0.3) is 0 Å². The molecule has 20 heavy (non-hydrogen) atoms. The van der Waals surface area contributed by atoms with E-state index >= 15 is 0 Å². The Bertz CT molecular complexity index is 546. The Hall–Kier alpha value is -0.830. The first kappa shape index (κ1) is 14.1. The van der Waals surface area contributed by atoms with Gasteiger partial charge >= 0.3 is 0 Å². The Labute approximate surface area is 130 Å². The maximum Gasteiger partial charge on any atom is 0.0440 e. The largest absolute Gasteiger partial charge is 0.311 e. The molecule has 3 rings (SSSR count). The minimum atomic E-state index is 0.543. The van der Waals surface area contributed by atoms with E-state index in [-0.39, 0.29) is 0 Å². The SMILES string of the molecule is CC(Cc1ccsc1)NC1CC(c2ccccc2Cl)C1.